The Hall–Kier alpha value is -2.42. The van der Waals surface area contributed by atoms with Crippen molar-refractivity contribution in [2.75, 3.05) is 7.05 Å². The molecule has 3 heteroatoms. The van der Waals surface area contributed by atoms with E-state index in [0.717, 1.165) is 17.8 Å². The molecule has 3 nitrogen and oxygen atoms in total. The summed E-state index contributed by atoms with van der Waals surface area (Å²) in [5, 5.41) is 6.33. The zero-order valence-corrected chi connectivity index (χ0v) is 12.5. The van der Waals surface area contributed by atoms with E-state index in [2.05, 4.69) is 17.2 Å². The van der Waals surface area contributed by atoms with Crippen molar-refractivity contribution in [1.82, 2.24) is 5.01 Å². The first kappa shape index (κ1) is 15.0. The quantitative estimate of drug-likeness (QED) is 0.458. The molecule has 0 aromatic heterocycles. The van der Waals surface area contributed by atoms with Crippen molar-refractivity contribution >= 4 is 11.5 Å². The van der Waals surface area contributed by atoms with Crippen molar-refractivity contribution in [3.05, 3.63) is 71.8 Å². The normalized spacial score (nSPS) is 11.2. The van der Waals surface area contributed by atoms with Crippen LogP contribution in [0.4, 0.5) is 0 Å². The molecule has 0 saturated heterocycles. The summed E-state index contributed by atoms with van der Waals surface area (Å²) < 4.78 is 0. The third-order valence-corrected chi connectivity index (χ3v) is 3.11. The summed E-state index contributed by atoms with van der Waals surface area (Å²) in [6.07, 6.45) is 0.350. The van der Waals surface area contributed by atoms with Crippen molar-refractivity contribution < 1.29 is 4.79 Å². The molecular formula is C18H20N2O. The number of hydrogen-bond acceptors (Lipinski definition) is 3. The average molecular weight is 280 g/mol. The predicted molar refractivity (Wildman–Crippen MR) is 86.4 cm³/mol. The Labute approximate surface area is 125 Å². The first-order valence-electron chi connectivity index (χ1n) is 7.02. The summed E-state index contributed by atoms with van der Waals surface area (Å²) in [6.45, 7) is 2.63. The van der Waals surface area contributed by atoms with Crippen LogP contribution in [-0.4, -0.2) is 23.6 Å². The second kappa shape index (κ2) is 7.39. The number of nitrogens with zero attached hydrogens (tertiary/aromatic N) is 2. The van der Waals surface area contributed by atoms with Crippen LogP contribution in [0, 0.1) is 0 Å². The van der Waals surface area contributed by atoms with E-state index in [4.69, 9.17) is 0 Å². The molecule has 0 radical (unpaired) electrons. The highest BCUT2D eigenvalue weighted by Crippen LogP contribution is 2.06. The highest BCUT2D eigenvalue weighted by Gasteiger charge is 2.07. The third-order valence-electron chi connectivity index (χ3n) is 3.11. The van der Waals surface area contributed by atoms with Gasteiger partial charge in [-0.25, -0.2) is 0 Å². The summed E-state index contributed by atoms with van der Waals surface area (Å²) in [5.74, 6) is 0.102. The topological polar surface area (TPSA) is 32.7 Å². The SMILES string of the molecule is C/C(CC(=O)c1ccccc1)=N\N(C)Cc1ccccc1. The van der Waals surface area contributed by atoms with Crippen LogP contribution in [0.1, 0.15) is 29.3 Å². The van der Waals surface area contributed by atoms with Gasteiger partial charge in [0.05, 0.1) is 13.0 Å². The molecule has 0 N–H and O–H groups in total. The van der Waals surface area contributed by atoms with Crippen LogP contribution in [0.15, 0.2) is 65.8 Å². The molecule has 2 rings (SSSR count). The molecule has 0 heterocycles. The molecule has 0 unspecified atom stereocenters. The van der Waals surface area contributed by atoms with Gasteiger partial charge in [0.15, 0.2) is 5.78 Å². The lowest BCUT2D eigenvalue weighted by Gasteiger charge is -2.14. The van der Waals surface area contributed by atoms with Crippen molar-refractivity contribution in [3.63, 3.8) is 0 Å². The van der Waals surface area contributed by atoms with Gasteiger partial charge < -0.3 is 0 Å². The highest BCUT2D eigenvalue weighted by atomic mass is 16.1. The van der Waals surface area contributed by atoms with Gasteiger partial charge in [0, 0.05) is 18.3 Å². The first-order valence-corrected chi connectivity index (χ1v) is 7.02. The van der Waals surface area contributed by atoms with Gasteiger partial charge in [0.2, 0.25) is 0 Å². The van der Waals surface area contributed by atoms with Gasteiger partial charge >= 0.3 is 0 Å². The number of benzene rings is 2. The van der Waals surface area contributed by atoms with E-state index in [1.807, 2.05) is 67.5 Å². The van der Waals surface area contributed by atoms with Crippen molar-refractivity contribution in [2.45, 2.75) is 19.9 Å². The number of carbonyl (C=O) groups excluding carboxylic acids is 1. The molecule has 0 aliphatic heterocycles. The Morgan fingerprint density at radius 1 is 1.00 bits per heavy atom. The van der Waals surface area contributed by atoms with E-state index < -0.39 is 0 Å². The van der Waals surface area contributed by atoms with E-state index >= 15 is 0 Å². The maximum Gasteiger partial charge on any atom is 0.168 e. The molecule has 0 amide bonds. The standard InChI is InChI=1S/C18H20N2O/c1-15(13-18(21)17-11-7-4-8-12-17)19-20(2)14-16-9-5-3-6-10-16/h3-12H,13-14H2,1-2H3/b19-15+. The molecule has 0 spiro atoms. The Bertz CT molecular complexity index is 606. The van der Waals surface area contributed by atoms with Crippen LogP contribution in [0.5, 0.6) is 0 Å². The van der Waals surface area contributed by atoms with Gasteiger partial charge in [0.1, 0.15) is 0 Å². The fourth-order valence-corrected chi connectivity index (χ4v) is 2.17. The molecule has 21 heavy (non-hydrogen) atoms. The lowest BCUT2D eigenvalue weighted by molar-refractivity contribution is 0.1000. The zero-order valence-electron chi connectivity index (χ0n) is 12.5. The monoisotopic (exact) mass is 280 g/mol. The van der Waals surface area contributed by atoms with E-state index in [-0.39, 0.29) is 5.78 Å². The minimum absolute atomic E-state index is 0.102. The van der Waals surface area contributed by atoms with E-state index in [1.54, 1.807) is 0 Å². The van der Waals surface area contributed by atoms with Crippen molar-refractivity contribution in [2.24, 2.45) is 5.10 Å². The molecule has 0 fully saturated rings. The van der Waals surface area contributed by atoms with E-state index in [0.29, 0.717) is 6.42 Å². The Balaban J connectivity index is 1.93. The average Bonchev–Trinajstić information content (AvgIpc) is 2.48. The van der Waals surface area contributed by atoms with Gasteiger partial charge in [-0.05, 0) is 12.5 Å². The zero-order chi connectivity index (χ0) is 15.1. The van der Waals surface area contributed by atoms with Crippen LogP contribution in [-0.2, 0) is 6.54 Å². The molecule has 2 aromatic carbocycles. The number of ketones is 1. The third kappa shape index (κ3) is 4.88. The maximum absolute atomic E-state index is 12.1. The van der Waals surface area contributed by atoms with Crippen molar-refractivity contribution in [3.8, 4) is 0 Å². The van der Waals surface area contributed by atoms with Crippen LogP contribution < -0.4 is 0 Å². The molecule has 0 saturated carbocycles. The number of hydrazone groups is 1. The van der Waals surface area contributed by atoms with E-state index in [1.165, 1.54) is 5.56 Å². The van der Waals surface area contributed by atoms with Crippen LogP contribution in [0.25, 0.3) is 0 Å². The Morgan fingerprint density at radius 2 is 1.57 bits per heavy atom. The van der Waals surface area contributed by atoms with Crippen LogP contribution in [0.3, 0.4) is 0 Å². The van der Waals surface area contributed by atoms with Gasteiger partial charge in [-0.3, -0.25) is 9.80 Å². The Morgan fingerprint density at radius 3 is 2.19 bits per heavy atom. The van der Waals surface area contributed by atoms with Gasteiger partial charge in [-0.2, -0.15) is 5.10 Å². The second-order valence-corrected chi connectivity index (χ2v) is 5.10. The lowest BCUT2D eigenvalue weighted by Crippen LogP contribution is -2.15. The molecule has 0 aliphatic rings. The highest BCUT2D eigenvalue weighted by molar-refractivity contribution is 6.08. The van der Waals surface area contributed by atoms with Gasteiger partial charge in [0.25, 0.3) is 0 Å². The molecular weight excluding hydrogens is 260 g/mol. The van der Waals surface area contributed by atoms with Crippen LogP contribution >= 0.6 is 0 Å². The fraction of sp³-hybridized carbons (Fsp3) is 0.222. The Kier molecular flexibility index (Phi) is 5.27. The minimum Gasteiger partial charge on any atom is -0.296 e. The summed E-state index contributed by atoms with van der Waals surface area (Å²) in [4.78, 5) is 12.1. The largest absolute Gasteiger partial charge is 0.296 e. The summed E-state index contributed by atoms with van der Waals surface area (Å²) in [6, 6.07) is 19.5. The van der Waals surface area contributed by atoms with E-state index in [9.17, 15) is 4.79 Å². The maximum atomic E-state index is 12.1. The fourth-order valence-electron chi connectivity index (χ4n) is 2.17. The summed E-state index contributed by atoms with van der Waals surface area (Å²) >= 11 is 0. The number of carbonyl (C=O) groups is 1. The lowest BCUT2D eigenvalue weighted by atomic mass is 10.1. The number of hydrogen-bond donors (Lipinski definition) is 0. The predicted octanol–water partition coefficient (Wildman–Crippen LogP) is 3.77. The molecule has 0 atom stereocenters. The van der Waals surface area contributed by atoms with Crippen molar-refractivity contribution in [1.29, 1.82) is 0 Å². The van der Waals surface area contributed by atoms with Gasteiger partial charge in [-0.15, -0.1) is 0 Å². The number of rotatable bonds is 6. The molecule has 2 aromatic rings. The summed E-state index contributed by atoms with van der Waals surface area (Å²) in [7, 11) is 1.92. The molecule has 0 bridgehead atoms. The summed E-state index contributed by atoms with van der Waals surface area (Å²) in [5.41, 5.74) is 2.76. The minimum atomic E-state index is 0.102. The number of Topliss-reactive ketones (excluding diaryl/α,β-unsaturated/α-hetero) is 1. The van der Waals surface area contributed by atoms with Gasteiger partial charge in [-0.1, -0.05) is 60.7 Å². The second-order valence-electron chi connectivity index (χ2n) is 5.10. The smallest absolute Gasteiger partial charge is 0.168 e. The first-order chi connectivity index (χ1) is 10.1. The molecule has 0 aliphatic carbocycles. The van der Waals surface area contributed by atoms with Crippen LogP contribution in [0.2, 0.25) is 0 Å². The molecule has 108 valence electrons.